The molecule has 5 aromatic carbocycles. The Balaban J connectivity index is 1.68. The number of hydrogen-bond donors (Lipinski definition) is 0. The molecule has 0 saturated heterocycles. The molecule has 0 bridgehead atoms. The van der Waals surface area contributed by atoms with Gasteiger partial charge < -0.3 is 4.40 Å². The van der Waals surface area contributed by atoms with Crippen LogP contribution in [0.5, 0.6) is 0 Å². The monoisotopic (exact) mass is 502 g/mol. The molecule has 2 heteroatoms. The van der Waals surface area contributed by atoms with Gasteiger partial charge in [-0.1, -0.05) is 99.1 Å². The maximum absolute atomic E-state index is 5.05. The largest absolute Gasteiger partial charge is 0.308 e. The van der Waals surface area contributed by atoms with Gasteiger partial charge in [0, 0.05) is 27.7 Å². The molecule has 0 unspecified atom stereocenters. The Morgan fingerprint density at radius 2 is 1.46 bits per heavy atom. The van der Waals surface area contributed by atoms with Crippen molar-refractivity contribution in [2.45, 2.75) is 34.1 Å². The summed E-state index contributed by atoms with van der Waals surface area (Å²) in [5, 5.41) is 8.96. The van der Waals surface area contributed by atoms with Crippen LogP contribution in [-0.4, -0.2) is 9.38 Å². The van der Waals surface area contributed by atoms with Crippen LogP contribution in [0.2, 0.25) is 0 Å². The van der Waals surface area contributed by atoms with Crippen molar-refractivity contribution in [2.75, 3.05) is 0 Å². The second-order valence-corrected chi connectivity index (χ2v) is 12.4. The molecule has 3 heterocycles. The molecule has 188 valence electrons. The van der Waals surface area contributed by atoms with Crippen LogP contribution < -0.4 is 0 Å². The van der Waals surface area contributed by atoms with Gasteiger partial charge >= 0.3 is 0 Å². The van der Waals surface area contributed by atoms with Crippen LogP contribution in [0.3, 0.4) is 0 Å². The second-order valence-electron chi connectivity index (χ2n) is 12.4. The highest BCUT2D eigenvalue weighted by molar-refractivity contribution is 6.29. The fraction of sp³-hybridized carbons (Fsp3) is 0.162. The molecule has 0 fully saturated rings. The van der Waals surface area contributed by atoms with Gasteiger partial charge in [0.25, 0.3) is 0 Å². The number of aryl methyl sites for hydroxylation is 1. The zero-order valence-corrected chi connectivity index (χ0v) is 22.8. The quantitative estimate of drug-likeness (QED) is 0.170. The van der Waals surface area contributed by atoms with Crippen molar-refractivity contribution in [3.05, 3.63) is 108 Å². The molecule has 39 heavy (non-hydrogen) atoms. The van der Waals surface area contributed by atoms with Gasteiger partial charge in [-0.2, -0.15) is 0 Å². The molecule has 0 saturated carbocycles. The lowest BCUT2D eigenvalue weighted by Crippen LogP contribution is -2.11. The smallest absolute Gasteiger partial charge is 0.0823 e. The summed E-state index contributed by atoms with van der Waals surface area (Å²) in [4.78, 5) is 5.05. The molecule has 0 aliphatic rings. The molecular weight excluding hydrogens is 472 g/mol. The van der Waals surface area contributed by atoms with Crippen LogP contribution in [0.4, 0.5) is 0 Å². The number of aromatic nitrogens is 2. The molecule has 0 radical (unpaired) electrons. The average Bonchev–Trinajstić information content (AvgIpc) is 3.26. The molecule has 3 aromatic heterocycles. The fourth-order valence-corrected chi connectivity index (χ4v) is 6.75. The second kappa shape index (κ2) is 7.80. The highest BCUT2D eigenvalue weighted by Crippen LogP contribution is 2.44. The predicted molar refractivity (Wildman–Crippen MR) is 167 cm³/mol. The van der Waals surface area contributed by atoms with Crippen LogP contribution in [0.15, 0.2) is 97.2 Å². The molecule has 8 rings (SSSR count). The van der Waals surface area contributed by atoms with E-state index in [1.54, 1.807) is 0 Å². The van der Waals surface area contributed by atoms with Crippen molar-refractivity contribution >= 4 is 59.8 Å². The van der Waals surface area contributed by atoms with Gasteiger partial charge in [0.15, 0.2) is 0 Å². The Morgan fingerprint density at radius 3 is 2.28 bits per heavy atom. The third-order valence-electron chi connectivity index (χ3n) is 8.32. The van der Waals surface area contributed by atoms with Crippen LogP contribution in [0.1, 0.15) is 31.9 Å². The molecule has 0 amide bonds. The third kappa shape index (κ3) is 3.24. The van der Waals surface area contributed by atoms with Gasteiger partial charge in [0.2, 0.25) is 0 Å². The predicted octanol–water partition coefficient (Wildman–Crippen LogP) is 10.1. The molecule has 0 N–H and O–H groups in total. The molecular formula is C37H30N2. The third-order valence-corrected chi connectivity index (χ3v) is 8.32. The van der Waals surface area contributed by atoms with Gasteiger partial charge in [-0.25, -0.2) is 0 Å². The topological polar surface area (TPSA) is 17.3 Å². The normalized spacial score (nSPS) is 12.7. The summed E-state index contributed by atoms with van der Waals surface area (Å²) < 4.78 is 2.57. The SMILES string of the molecule is Cc1ccc2c(CC(C)(C)C)c3c(cc2c1)c1nccc2ccc4c5ccc(-c6ccccc6)cc5n3c4c21. The average molecular weight is 503 g/mol. The van der Waals surface area contributed by atoms with Crippen molar-refractivity contribution in [3.8, 4) is 11.1 Å². The highest BCUT2D eigenvalue weighted by atomic mass is 14.9. The summed E-state index contributed by atoms with van der Waals surface area (Å²) in [6.07, 6.45) is 2.95. The Bertz CT molecular complexity index is 2230. The Morgan fingerprint density at radius 1 is 0.667 bits per heavy atom. The Labute approximate surface area is 227 Å². The molecule has 0 aliphatic heterocycles. The summed E-state index contributed by atoms with van der Waals surface area (Å²) in [6, 6.07) is 33.7. The van der Waals surface area contributed by atoms with Crippen molar-refractivity contribution in [1.82, 2.24) is 9.38 Å². The van der Waals surface area contributed by atoms with Crippen molar-refractivity contribution < 1.29 is 0 Å². The van der Waals surface area contributed by atoms with Gasteiger partial charge in [0.05, 0.1) is 22.1 Å². The first-order valence-electron chi connectivity index (χ1n) is 13.9. The lowest BCUT2D eigenvalue weighted by Gasteiger charge is -2.23. The number of pyridine rings is 2. The van der Waals surface area contributed by atoms with E-state index in [0.29, 0.717) is 0 Å². The minimum absolute atomic E-state index is 0.126. The number of benzene rings is 5. The zero-order valence-electron chi connectivity index (χ0n) is 22.8. The van der Waals surface area contributed by atoms with Gasteiger partial charge in [0.1, 0.15) is 0 Å². The van der Waals surface area contributed by atoms with Crippen molar-refractivity contribution in [2.24, 2.45) is 5.41 Å². The molecule has 0 spiro atoms. The van der Waals surface area contributed by atoms with Crippen molar-refractivity contribution in [1.29, 1.82) is 0 Å². The summed E-state index contributed by atoms with van der Waals surface area (Å²) in [5.41, 5.74) is 10.2. The fourth-order valence-electron chi connectivity index (χ4n) is 6.75. The first-order chi connectivity index (χ1) is 18.9. The van der Waals surface area contributed by atoms with E-state index in [2.05, 4.69) is 123 Å². The lowest BCUT2D eigenvalue weighted by atomic mass is 9.84. The van der Waals surface area contributed by atoms with Gasteiger partial charge in [-0.3, -0.25) is 4.98 Å². The number of rotatable bonds is 2. The first kappa shape index (κ1) is 22.5. The maximum Gasteiger partial charge on any atom is 0.0823 e. The maximum atomic E-state index is 5.05. The minimum Gasteiger partial charge on any atom is -0.308 e. The minimum atomic E-state index is 0.126. The van der Waals surface area contributed by atoms with E-state index in [1.807, 2.05) is 6.20 Å². The zero-order chi connectivity index (χ0) is 26.5. The Kier molecular flexibility index (Phi) is 4.51. The van der Waals surface area contributed by atoms with Crippen molar-refractivity contribution in [3.63, 3.8) is 0 Å². The van der Waals surface area contributed by atoms with E-state index in [1.165, 1.54) is 76.5 Å². The summed E-state index contributed by atoms with van der Waals surface area (Å²) in [6.45, 7) is 9.22. The Hall–Kier alpha value is -4.43. The van der Waals surface area contributed by atoms with Crippen LogP contribution in [-0.2, 0) is 6.42 Å². The van der Waals surface area contributed by atoms with Crippen LogP contribution in [0, 0.1) is 12.3 Å². The molecule has 0 atom stereocenters. The van der Waals surface area contributed by atoms with Crippen LogP contribution in [0.25, 0.3) is 70.9 Å². The van der Waals surface area contributed by atoms with E-state index in [-0.39, 0.29) is 5.41 Å². The lowest BCUT2D eigenvalue weighted by molar-refractivity contribution is 0.413. The highest BCUT2D eigenvalue weighted by Gasteiger charge is 2.24. The summed E-state index contributed by atoms with van der Waals surface area (Å²) in [5.74, 6) is 0. The van der Waals surface area contributed by atoms with E-state index in [0.717, 1.165) is 11.9 Å². The van der Waals surface area contributed by atoms with Gasteiger partial charge in [-0.15, -0.1) is 0 Å². The first-order valence-corrected chi connectivity index (χ1v) is 13.9. The van der Waals surface area contributed by atoms with E-state index in [9.17, 15) is 0 Å². The number of nitrogens with zero attached hydrogens (tertiary/aromatic N) is 2. The molecule has 2 nitrogen and oxygen atoms in total. The molecule has 0 aliphatic carbocycles. The standard InChI is InChI=1S/C37H30N2/c1-22-10-13-27-26(18-22)19-30-34-33-24(16-17-38-34)11-15-29-28-14-12-25(23-8-6-5-7-9-23)20-32(28)39(36(29)33)35(30)31(27)21-37(2,3)4/h5-20H,21H2,1-4H3. The van der Waals surface area contributed by atoms with E-state index >= 15 is 0 Å². The summed E-state index contributed by atoms with van der Waals surface area (Å²) in [7, 11) is 0. The van der Waals surface area contributed by atoms with Crippen LogP contribution >= 0.6 is 0 Å². The summed E-state index contributed by atoms with van der Waals surface area (Å²) >= 11 is 0. The molecule has 8 aromatic rings. The number of hydrogen-bond acceptors (Lipinski definition) is 1. The van der Waals surface area contributed by atoms with E-state index < -0.39 is 0 Å². The van der Waals surface area contributed by atoms with Gasteiger partial charge in [-0.05, 0) is 69.8 Å². The van der Waals surface area contributed by atoms with E-state index in [4.69, 9.17) is 4.98 Å². The number of fused-ring (bicyclic) bond motifs is 7.